The average Bonchev–Trinajstić information content (AvgIpc) is 2.58. The maximum atomic E-state index is 13.3. The highest BCUT2D eigenvalue weighted by Crippen LogP contribution is 2.30. The molecule has 0 spiro atoms. The van der Waals surface area contributed by atoms with Crippen LogP contribution >= 0.6 is 0 Å². The number of rotatable bonds is 1. The van der Waals surface area contributed by atoms with E-state index in [1.54, 1.807) is 0 Å². The van der Waals surface area contributed by atoms with Crippen LogP contribution < -0.4 is 5.32 Å². The zero-order valence-corrected chi connectivity index (χ0v) is 11.1. The molecule has 0 saturated carbocycles. The van der Waals surface area contributed by atoms with Crippen LogP contribution in [-0.4, -0.2) is 17.6 Å². The van der Waals surface area contributed by atoms with Crippen LogP contribution in [-0.2, 0) is 16.0 Å². The van der Waals surface area contributed by atoms with Crippen LogP contribution in [0.5, 0.6) is 0 Å². The summed E-state index contributed by atoms with van der Waals surface area (Å²) in [4.78, 5) is 11.9. The van der Waals surface area contributed by atoms with E-state index < -0.39 is 11.6 Å². The second kappa shape index (κ2) is 4.26. The van der Waals surface area contributed by atoms with Gasteiger partial charge in [-0.05, 0) is 51.0 Å². The molecule has 0 fully saturated rings. The molecule has 0 amide bonds. The van der Waals surface area contributed by atoms with Gasteiger partial charge in [0.2, 0.25) is 0 Å². The van der Waals surface area contributed by atoms with E-state index in [2.05, 4.69) is 5.32 Å². The number of fused-ring (bicyclic) bond motifs is 1. The Balaban J connectivity index is 2.15. The molecule has 1 N–H and O–H groups in total. The third-order valence-corrected chi connectivity index (χ3v) is 2.87. The fraction of sp³-hybridized carbons (Fsp3) is 0.500. The first-order valence-electron chi connectivity index (χ1n) is 6.05. The number of aryl methyl sites for hydroxylation is 1. The fourth-order valence-corrected chi connectivity index (χ4v) is 2.13. The van der Waals surface area contributed by atoms with Crippen LogP contribution in [0.3, 0.4) is 0 Å². The summed E-state index contributed by atoms with van der Waals surface area (Å²) in [6.07, 6.45) is 0.552. The van der Waals surface area contributed by atoms with Gasteiger partial charge in [-0.1, -0.05) is 0 Å². The maximum Gasteiger partial charge on any atom is 0.329 e. The minimum absolute atomic E-state index is 0.288. The van der Waals surface area contributed by atoms with Gasteiger partial charge < -0.3 is 10.1 Å². The molecule has 0 aromatic heterocycles. The van der Waals surface area contributed by atoms with E-state index in [1.165, 1.54) is 12.1 Å². The molecule has 18 heavy (non-hydrogen) atoms. The predicted octanol–water partition coefficient (Wildman–Crippen LogP) is 2.81. The lowest BCUT2D eigenvalue weighted by Gasteiger charge is -2.22. The Labute approximate surface area is 106 Å². The van der Waals surface area contributed by atoms with Crippen molar-refractivity contribution in [2.24, 2.45) is 0 Å². The van der Waals surface area contributed by atoms with Gasteiger partial charge in [-0.15, -0.1) is 0 Å². The van der Waals surface area contributed by atoms with Crippen molar-refractivity contribution < 1.29 is 13.9 Å². The number of carbonyl (C=O) groups is 1. The zero-order valence-electron chi connectivity index (χ0n) is 11.1. The molecule has 2 rings (SSSR count). The van der Waals surface area contributed by atoms with Gasteiger partial charge >= 0.3 is 5.97 Å². The first-order chi connectivity index (χ1) is 8.26. The summed E-state index contributed by atoms with van der Waals surface area (Å²) in [7, 11) is 0. The van der Waals surface area contributed by atoms with Crippen molar-refractivity contribution in [3.8, 4) is 0 Å². The molecule has 1 aliphatic rings. The Kier molecular flexibility index (Phi) is 3.05. The Morgan fingerprint density at radius 1 is 1.44 bits per heavy atom. The summed E-state index contributed by atoms with van der Waals surface area (Å²) < 4.78 is 18.6. The maximum absolute atomic E-state index is 13.3. The van der Waals surface area contributed by atoms with Gasteiger partial charge in [-0.3, -0.25) is 0 Å². The van der Waals surface area contributed by atoms with E-state index in [4.69, 9.17) is 4.74 Å². The summed E-state index contributed by atoms with van der Waals surface area (Å²) in [6.45, 7) is 7.34. The predicted molar refractivity (Wildman–Crippen MR) is 68.1 cm³/mol. The van der Waals surface area contributed by atoms with Crippen molar-refractivity contribution in [2.75, 3.05) is 5.32 Å². The van der Waals surface area contributed by atoms with Crippen LogP contribution in [0.15, 0.2) is 12.1 Å². The highest BCUT2D eigenvalue weighted by Gasteiger charge is 2.31. The molecular formula is C14H18FNO2. The molecule has 1 heterocycles. The minimum Gasteiger partial charge on any atom is -0.458 e. The number of hydrogen-bond acceptors (Lipinski definition) is 3. The van der Waals surface area contributed by atoms with Crippen molar-refractivity contribution in [3.63, 3.8) is 0 Å². The first kappa shape index (κ1) is 12.9. The van der Waals surface area contributed by atoms with Gasteiger partial charge in [-0.25, -0.2) is 9.18 Å². The Bertz CT molecular complexity index is 491. The van der Waals surface area contributed by atoms with Gasteiger partial charge in [0, 0.05) is 12.1 Å². The molecule has 3 nitrogen and oxygen atoms in total. The number of carbonyl (C=O) groups excluding carboxylic acids is 1. The van der Waals surface area contributed by atoms with Gasteiger partial charge in [0.15, 0.2) is 0 Å². The van der Waals surface area contributed by atoms with Crippen molar-refractivity contribution in [1.82, 2.24) is 0 Å². The van der Waals surface area contributed by atoms with Gasteiger partial charge in [0.25, 0.3) is 0 Å². The first-order valence-corrected chi connectivity index (χ1v) is 6.05. The molecule has 0 radical (unpaired) electrons. The number of halogens is 1. The highest BCUT2D eigenvalue weighted by molar-refractivity contribution is 5.83. The van der Waals surface area contributed by atoms with Gasteiger partial charge in [0.1, 0.15) is 17.5 Å². The second-order valence-electron chi connectivity index (χ2n) is 5.68. The second-order valence-corrected chi connectivity index (χ2v) is 5.68. The fourth-order valence-electron chi connectivity index (χ4n) is 2.13. The van der Waals surface area contributed by atoms with Crippen molar-refractivity contribution in [2.45, 2.75) is 45.8 Å². The Morgan fingerprint density at radius 2 is 2.11 bits per heavy atom. The molecule has 1 atom stereocenters. The molecule has 0 bridgehead atoms. The molecule has 0 saturated heterocycles. The smallest absolute Gasteiger partial charge is 0.329 e. The Hall–Kier alpha value is -1.58. The third-order valence-electron chi connectivity index (χ3n) is 2.87. The number of anilines is 1. The summed E-state index contributed by atoms with van der Waals surface area (Å²) >= 11 is 0. The molecule has 98 valence electrons. The number of nitrogens with one attached hydrogen (secondary N) is 1. The summed E-state index contributed by atoms with van der Waals surface area (Å²) in [5.74, 6) is -0.581. The zero-order chi connectivity index (χ0) is 13.5. The topological polar surface area (TPSA) is 38.3 Å². The summed E-state index contributed by atoms with van der Waals surface area (Å²) in [6, 6.07) is 2.49. The standard InChI is InChI=1S/C14H18FNO2/c1-8-5-9(15)6-11-10(8)7-12(16-11)13(17)18-14(2,3)4/h5-6,12,16H,7H2,1-4H3/t12-/m1/s1. The van der Waals surface area contributed by atoms with Crippen LogP contribution in [0, 0.1) is 12.7 Å². The Morgan fingerprint density at radius 3 is 2.72 bits per heavy atom. The van der Waals surface area contributed by atoms with E-state index in [0.29, 0.717) is 12.1 Å². The molecule has 1 aromatic rings. The lowest BCUT2D eigenvalue weighted by Crippen LogP contribution is -2.35. The molecule has 1 aromatic carbocycles. The van der Waals surface area contributed by atoms with E-state index in [0.717, 1.165) is 11.1 Å². The van der Waals surface area contributed by atoms with Crippen LogP contribution in [0.1, 0.15) is 31.9 Å². The highest BCUT2D eigenvalue weighted by atomic mass is 19.1. The number of hydrogen-bond donors (Lipinski definition) is 1. The van der Waals surface area contributed by atoms with E-state index in [9.17, 15) is 9.18 Å². The number of benzene rings is 1. The number of esters is 1. The lowest BCUT2D eigenvalue weighted by molar-refractivity contribution is -0.155. The third kappa shape index (κ3) is 2.63. The van der Waals surface area contributed by atoms with E-state index in [-0.39, 0.29) is 11.8 Å². The van der Waals surface area contributed by atoms with Crippen LogP contribution in [0.25, 0.3) is 0 Å². The normalized spacial score (nSPS) is 18.2. The van der Waals surface area contributed by atoms with Crippen molar-refractivity contribution in [1.29, 1.82) is 0 Å². The molecular weight excluding hydrogens is 233 g/mol. The largest absolute Gasteiger partial charge is 0.458 e. The summed E-state index contributed by atoms with van der Waals surface area (Å²) in [5.41, 5.74) is 2.05. The molecule has 0 aliphatic carbocycles. The van der Waals surface area contributed by atoms with E-state index in [1.807, 2.05) is 27.7 Å². The van der Waals surface area contributed by atoms with E-state index >= 15 is 0 Å². The molecule has 0 unspecified atom stereocenters. The molecule has 4 heteroatoms. The monoisotopic (exact) mass is 251 g/mol. The molecule has 1 aliphatic heterocycles. The summed E-state index contributed by atoms with van der Waals surface area (Å²) in [5, 5.41) is 3.02. The number of ether oxygens (including phenoxy) is 1. The van der Waals surface area contributed by atoms with Crippen molar-refractivity contribution >= 4 is 11.7 Å². The van der Waals surface area contributed by atoms with Crippen LogP contribution in [0.4, 0.5) is 10.1 Å². The van der Waals surface area contributed by atoms with Crippen molar-refractivity contribution in [3.05, 3.63) is 29.1 Å². The van der Waals surface area contributed by atoms with Crippen LogP contribution in [0.2, 0.25) is 0 Å². The SMILES string of the molecule is Cc1cc(F)cc2c1C[C@H](C(=O)OC(C)(C)C)N2. The lowest BCUT2D eigenvalue weighted by atomic mass is 10.0. The van der Waals surface area contributed by atoms with Gasteiger partial charge in [0.05, 0.1) is 0 Å². The average molecular weight is 251 g/mol. The quantitative estimate of drug-likeness (QED) is 0.780. The van der Waals surface area contributed by atoms with Gasteiger partial charge in [-0.2, -0.15) is 0 Å². The minimum atomic E-state index is -0.506.